The van der Waals surface area contributed by atoms with Gasteiger partial charge in [0.15, 0.2) is 0 Å². The quantitative estimate of drug-likeness (QED) is 0.458. The van der Waals surface area contributed by atoms with E-state index in [0.29, 0.717) is 5.95 Å². The Balaban J connectivity index is 2.36. The lowest BCUT2D eigenvalue weighted by Gasteiger charge is -2.22. The maximum absolute atomic E-state index is 5.73. The molecule has 0 saturated heterocycles. The highest BCUT2D eigenvalue weighted by Gasteiger charge is 2.10. The third-order valence-corrected chi connectivity index (χ3v) is 4.42. The predicted molar refractivity (Wildman–Crippen MR) is 103 cm³/mol. The van der Waals surface area contributed by atoms with Crippen molar-refractivity contribution in [3.05, 3.63) is 6.33 Å². The molecular formula is C19H37N5. The van der Waals surface area contributed by atoms with E-state index in [4.69, 9.17) is 5.73 Å². The Bertz CT molecular complexity index is 394. The van der Waals surface area contributed by atoms with E-state index in [1.165, 1.54) is 83.4 Å². The van der Waals surface area contributed by atoms with Crippen LogP contribution in [-0.2, 0) is 0 Å². The van der Waals surface area contributed by atoms with E-state index in [9.17, 15) is 0 Å². The molecule has 0 aromatic carbocycles. The van der Waals surface area contributed by atoms with Gasteiger partial charge in [-0.1, -0.05) is 78.1 Å². The summed E-state index contributed by atoms with van der Waals surface area (Å²) < 4.78 is 0. The third-order valence-electron chi connectivity index (χ3n) is 4.42. The third kappa shape index (κ3) is 9.68. The van der Waals surface area contributed by atoms with Crippen LogP contribution < -0.4 is 10.6 Å². The summed E-state index contributed by atoms with van der Waals surface area (Å²) in [6.45, 7) is 6.55. The summed E-state index contributed by atoms with van der Waals surface area (Å²) in [5.74, 6) is 1.06. The molecule has 0 spiro atoms. The van der Waals surface area contributed by atoms with E-state index in [2.05, 4.69) is 33.7 Å². The molecule has 2 N–H and O–H groups in total. The molecule has 138 valence electrons. The monoisotopic (exact) mass is 335 g/mol. The number of anilines is 2. The Hall–Kier alpha value is -1.39. The van der Waals surface area contributed by atoms with E-state index in [0.717, 1.165) is 19.0 Å². The number of nitrogens with zero attached hydrogens (tertiary/aromatic N) is 4. The molecular weight excluding hydrogens is 298 g/mol. The van der Waals surface area contributed by atoms with E-state index in [-0.39, 0.29) is 0 Å². The zero-order chi connectivity index (χ0) is 17.5. The maximum atomic E-state index is 5.73. The zero-order valence-electron chi connectivity index (χ0n) is 15.8. The molecule has 1 rings (SSSR count). The molecule has 1 heterocycles. The fourth-order valence-corrected chi connectivity index (χ4v) is 2.93. The Morgan fingerprint density at radius 1 is 0.750 bits per heavy atom. The first-order valence-corrected chi connectivity index (χ1v) is 9.97. The second-order valence-electron chi connectivity index (χ2n) is 6.67. The van der Waals surface area contributed by atoms with Crippen LogP contribution in [0, 0.1) is 0 Å². The molecule has 0 aliphatic rings. The SMILES string of the molecule is CCCCCCCCN(CCCCCCCC)c1ncnc(N)n1. The van der Waals surface area contributed by atoms with E-state index in [1.807, 2.05) is 0 Å². The van der Waals surface area contributed by atoms with Gasteiger partial charge in [0.05, 0.1) is 0 Å². The first-order valence-electron chi connectivity index (χ1n) is 9.97. The molecule has 0 saturated carbocycles. The van der Waals surface area contributed by atoms with Crippen LogP contribution in [0.25, 0.3) is 0 Å². The van der Waals surface area contributed by atoms with Crippen molar-refractivity contribution in [1.82, 2.24) is 15.0 Å². The van der Waals surface area contributed by atoms with Gasteiger partial charge in [0.25, 0.3) is 0 Å². The summed E-state index contributed by atoms with van der Waals surface area (Å²) >= 11 is 0. The summed E-state index contributed by atoms with van der Waals surface area (Å²) in [7, 11) is 0. The van der Waals surface area contributed by atoms with Gasteiger partial charge in [-0.15, -0.1) is 0 Å². The van der Waals surface area contributed by atoms with Crippen molar-refractivity contribution in [2.45, 2.75) is 90.9 Å². The summed E-state index contributed by atoms with van der Waals surface area (Å²) in [6, 6.07) is 0. The highest BCUT2D eigenvalue weighted by molar-refractivity contribution is 5.32. The molecule has 5 heteroatoms. The zero-order valence-corrected chi connectivity index (χ0v) is 15.8. The first-order chi connectivity index (χ1) is 11.8. The number of hydrogen-bond donors (Lipinski definition) is 1. The minimum Gasteiger partial charge on any atom is -0.368 e. The Morgan fingerprint density at radius 3 is 1.75 bits per heavy atom. The van der Waals surface area contributed by atoms with Crippen LogP contribution in [0.1, 0.15) is 90.9 Å². The number of rotatable bonds is 15. The molecule has 24 heavy (non-hydrogen) atoms. The minimum absolute atomic E-state index is 0.316. The van der Waals surface area contributed by atoms with Crippen molar-refractivity contribution in [1.29, 1.82) is 0 Å². The number of nitrogens with two attached hydrogens (primary N) is 1. The summed E-state index contributed by atoms with van der Waals surface area (Å²) in [6.07, 6.45) is 17.2. The molecule has 0 fully saturated rings. The Labute approximate surface area is 148 Å². The normalized spacial score (nSPS) is 10.9. The van der Waals surface area contributed by atoms with Crippen LogP contribution in [0.3, 0.4) is 0 Å². The second-order valence-corrected chi connectivity index (χ2v) is 6.67. The largest absolute Gasteiger partial charge is 0.368 e. The van der Waals surface area contributed by atoms with Gasteiger partial charge in [-0.05, 0) is 12.8 Å². The minimum atomic E-state index is 0.316. The van der Waals surface area contributed by atoms with Crippen LogP contribution >= 0.6 is 0 Å². The molecule has 0 aliphatic carbocycles. The van der Waals surface area contributed by atoms with Crippen molar-refractivity contribution < 1.29 is 0 Å². The number of aromatic nitrogens is 3. The molecule has 0 amide bonds. The van der Waals surface area contributed by atoms with Crippen molar-refractivity contribution in [2.24, 2.45) is 0 Å². The standard InChI is InChI=1S/C19H37N5/c1-3-5-7-9-11-13-15-24(16-14-12-10-8-6-4-2)19-22-17-21-18(20)23-19/h17H,3-16H2,1-2H3,(H2,20,21,22,23). The average Bonchev–Trinajstić information content (AvgIpc) is 2.59. The molecule has 0 aliphatic heterocycles. The molecule has 0 unspecified atom stereocenters. The number of unbranched alkanes of at least 4 members (excludes halogenated alkanes) is 10. The summed E-state index contributed by atoms with van der Waals surface area (Å²) in [5, 5.41) is 0. The molecule has 1 aromatic rings. The van der Waals surface area contributed by atoms with Gasteiger partial charge in [-0.3, -0.25) is 0 Å². The summed E-state index contributed by atoms with van der Waals surface area (Å²) in [4.78, 5) is 14.8. The Kier molecular flexibility index (Phi) is 12.0. The first kappa shape index (κ1) is 20.7. The van der Waals surface area contributed by atoms with Crippen molar-refractivity contribution >= 4 is 11.9 Å². The smallest absolute Gasteiger partial charge is 0.230 e. The fraction of sp³-hybridized carbons (Fsp3) is 0.842. The average molecular weight is 336 g/mol. The Morgan fingerprint density at radius 2 is 1.25 bits per heavy atom. The molecule has 0 radical (unpaired) electrons. The van der Waals surface area contributed by atoms with Gasteiger partial charge in [-0.2, -0.15) is 4.98 Å². The second kappa shape index (κ2) is 14.0. The number of hydrogen-bond acceptors (Lipinski definition) is 5. The lowest BCUT2D eigenvalue weighted by molar-refractivity contribution is 0.570. The lowest BCUT2D eigenvalue weighted by Crippen LogP contribution is -2.28. The van der Waals surface area contributed by atoms with Crippen LogP contribution in [0.4, 0.5) is 11.9 Å². The van der Waals surface area contributed by atoms with Gasteiger partial charge in [-0.25, -0.2) is 9.97 Å². The van der Waals surface area contributed by atoms with Gasteiger partial charge >= 0.3 is 0 Å². The molecule has 0 atom stereocenters. The van der Waals surface area contributed by atoms with Gasteiger partial charge in [0.2, 0.25) is 11.9 Å². The number of nitrogen functional groups attached to an aromatic ring is 1. The topological polar surface area (TPSA) is 67.9 Å². The lowest BCUT2D eigenvalue weighted by atomic mass is 10.1. The van der Waals surface area contributed by atoms with Gasteiger partial charge in [0, 0.05) is 13.1 Å². The maximum Gasteiger partial charge on any atom is 0.230 e. The van der Waals surface area contributed by atoms with Crippen LogP contribution in [0.5, 0.6) is 0 Å². The van der Waals surface area contributed by atoms with E-state index in [1.54, 1.807) is 0 Å². The summed E-state index contributed by atoms with van der Waals surface area (Å²) in [5.41, 5.74) is 5.73. The predicted octanol–water partition coefficient (Wildman–Crippen LogP) is 4.98. The van der Waals surface area contributed by atoms with Crippen LogP contribution in [-0.4, -0.2) is 28.0 Å². The van der Waals surface area contributed by atoms with Crippen LogP contribution in [0.2, 0.25) is 0 Å². The highest BCUT2D eigenvalue weighted by Crippen LogP contribution is 2.13. The molecule has 0 bridgehead atoms. The molecule has 5 nitrogen and oxygen atoms in total. The van der Waals surface area contributed by atoms with Crippen molar-refractivity contribution in [3.8, 4) is 0 Å². The van der Waals surface area contributed by atoms with E-state index < -0.39 is 0 Å². The van der Waals surface area contributed by atoms with Gasteiger partial charge in [0.1, 0.15) is 6.33 Å². The van der Waals surface area contributed by atoms with Crippen LogP contribution in [0.15, 0.2) is 6.33 Å². The van der Waals surface area contributed by atoms with Crippen molar-refractivity contribution in [3.63, 3.8) is 0 Å². The van der Waals surface area contributed by atoms with Gasteiger partial charge < -0.3 is 10.6 Å². The molecule has 1 aromatic heterocycles. The highest BCUT2D eigenvalue weighted by atomic mass is 15.3. The van der Waals surface area contributed by atoms with Crippen molar-refractivity contribution in [2.75, 3.05) is 23.7 Å². The van der Waals surface area contributed by atoms with E-state index >= 15 is 0 Å². The fourth-order valence-electron chi connectivity index (χ4n) is 2.93.